The van der Waals surface area contributed by atoms with Crippen LogP contribution in [0, 0.1) is 5.82 Å². The molecular weight excluding hydrogens is 295 g/mol. The second-order valence-electron chi connectivity index (χ2n) is 4.93. The number of aromatic carboxylic acids is 1. The number of anilines is 1. The van der Waals surface area contributed by atoms with E-state index in [1.807, 2.05) is 6.26 Å². The number of urea groups is 1. The molecule has 2 rings (SSSR count). The molecule has 5 nitrogen and oxygen atoms in total. The van der Waals surface area contributed by atoms with E-state index in [-0.39, 0.29) is 11.7 Å². The van der Waals surface area contributed by atoms with Crippen molar-refractivity contribution in [3.63, 3.8) is 0 Å². The first-order chi connectivity index (χ1) is 10.0. The highest BCUT2D eigenvalue weighted by Crippen LogP contribution is 2.28. The quantitative estimate of drug-likeness (QED) is 0.799. The molecule has 7 heteroatoms. The van der Waals surface area contributed by atoms with Crippen LogP contribution in [-0.2, 0) is 0 Å². The smallest absolute Gasteiger partial charge is 0.340 e. The Balaban J connectivity index is 2.00. The van der Waals surface area contributed by atoms with Crippen molar-refractivity contribution in [3.8, 4) is 0 Å². The number of nitrogens with one attached hydrogen (secondary N) is 2. The monoisotopic (exact) mass is 312 g/mol. The van der Waals surface area contributed by atoms with E-state index >= 15 is 0 Å². The van der Waals surface area contributed by atoms with Crippen LogP contribution in [0.25, 0.3) is 0 Å². The highest BCUT2D eigenvalue weighted by Gasteiger charge is 2.25. The van der Waals surface area contributed by atoms with E-state index in [0.717, 1.165) is 25.3 Å². The van der Waals surface area contributed by atoms with Crippen molar-refractivity contribution >= 4 is 29.4 Å². The minimum atomic E-state index is -1.41. The van der Waals surface area contributed by atoms with E-state index < -0.39 is 23.4 Å². The molecule has 1 saturated carbocycles. The van der Waals surface area contributed by atoms with Crippen LogP contribution in [0.15, 0.2) is 18.2 Å². The maximum Gasteiger partial charge on any atom is 0.340 e. The van der Waals surface area contributed by atoms with Gasteiger partial charge in [-0.05, 0) is 37.7 Å². The van der Waals surface area contributed by atoms with E-state index in [1.165, 1.54) is 12.1 Å². The molecule has 0 aliphatic heterocycles. The number of hydrogen-bond donors (Lipinski definition) is 3. The number of rotatable bonds is 4. The zero-order valence-corrected chi connectivity index (χ0v) is 12.4. The lowest BCUT2D eigenvalue weighted by molar-refractivity contribution is 0.0693. The molecular formula is C14H17FN2O3S. The summed E-state index contributed by atoms with van der Waals surface area (Å²) in [7, 11) is 0. The number of thioether (sulfide) groups is 1. The van der Waals surface area contributed by atoms with Crippen LogP contribution in [0.5, 0.6) is 0 Å². The van der Waals surface area contributed by atoms with Crippen molar-refractivity contribution in [1.29, 1.82) is 0 Å². The van der Waals surface area contributed by atoms with Gasteiger partial charge in [0.15, 0.2) is 0 Å². The summed E-state index contributed by atoms with van der Waals surface area (Å²) in [6.45, 7) is 0. The second-order valence-corrected chi connectivity index (χ2v) is 6.07. The second kappa shape index (κ2) is 6.80. The summed E-state index contributed by atoms with van der Waals surface area (Å²) >= 11 is 1.78. The minimum Gasteiger partial charge on any atom is -0.478 e. The first-order valence-corrected chi connectivity index (χ1v) is 7.92. The van der Waals surface area contributed by atoms with Crippen LogP contribution in [0.4, 0.5) is 14.9 Å². The summed E-state index contributed by atoms with van der Waals surface area (Å²) in [5, 5.41) is 14.7. The number of hydrogen-bond acceptors (Lipinski definition) is 3. The van der Waals surface area contributed by atoms with Gasteiger partial charge in [-0.1, -0.05) is 6.07 Å². The molecule has 21 heavy (non-hydrogen) atoms. The molecule has 0 spiro atoms. The number of benzene rings is 1. The number of halogens is 1. The summed E-state index contributed by atoms with van der Waals surface area (Å²) in [5.74, 6) is -2.28. The van der Waals surface area contributed by atoms with Gasteiger partial charge in [-0.25, -0.2) is 14.0 Å². The van der Waals surface area contributed by atoms with E-state index in [4.69, 9.17) is 5.11 Å². The Hall–Kier alpha value is -1.76. The molecule has 1 fully saturated rings. The van der Waals surface area contributed by atoms with Crippen LogP contribution in [0.3, 0.4) is 0 Å². The lowest BCUT2D eigenvalue weighted by Gasteiger charge is -2.15. The summed E-state index contributed by atoms with van der Waals surface area (Å²) in [5.41, 5.74) is -0.569. The van der Waals surface area contributed by atoms with Crippen LogP contribution in [-0.4, -0.2) is 34.7 Å². The van der Waals surface area contributed by atoms with E-state index in [2.05, 4.69) is 10.6 Å². The topological polar surface area (TPSA) is 78.4 Å². The Morgan fingerprint density at radius 3 is 2.76 bits per heavy atom. The van der Waals surface area contributed by atoms with Crippen molar-refractivity contribution in [1.82, 2.24) is 5.32 Å². The molecule has 0 saturated heterocycles. The third-order valence-corrected chi connectivity index (χ3v) is 4.62. The molecule has 2 atom stereocenters. The van der Waals surface area contributed by atoms with Gasteiger partial charge in [0.1, 0.15) is 11.4 Å². The van der Waals surface area contributed by atoms with Crippen molar-refractivity contribution in [3.05, 3.63) is 29.6 Å². The van der Waals surface area contributed by atoms with Gasteiger partial charge in [-0.2, -0.15) is 11.8 Å². The fraction of sp³-hybridized carbons (Fsp3) is 0.429. The largest absolute Gasteiger partial charge is 0.478 e. The lowest BCUT2D eigenvalue weighted by Crippen LogP contribution is -2.37. The predicted octanol–water partition coefficient (Wildman–Crippen LogP) is 2.93. The maximum absolute atomic E-state index is 13.5. The molecule has 1 aliphatic carbocycles. The van der Waals surface area contributed by atoms with Gasteiger partial charge in [-0.15, -0.1) is 0 Å². The van der Waals surface area contributed by atoms with Crippen LogP contribution >= 0.6 is 11.8 Å². The molecule has 0 radical (unpaired) electrons. The average Bonchev–Trinajstić information content (AvgIpc) is 2.85. The zero-order valence-electron chi connectivity index (χ0n) is 11.6. The first kappa shape index (κ1) is 15.6. The molecule has 1 aliphatic rings. The molecule has 114 valence electrons. The first-order valence-electron chi connectivity index (χ1n) is 6.63. The molecule has 2 amide bonds. The normalized spacial score (nSPS) is 21.0. The number of carboxylic acids is 1. The minimum absolute atomic E-state index is 0.0422. The van der Waals surface area contributed by atoms with Crippen molar-refractivity contribution in [2.24, 2.45) is 0 Å². The van der Waals surface area contributed by atoms with Crippen molar-refractivity contribution in [2.45, 2.75) is 30.6 Å². The number of carbonyl (C=O) groups is 2. The zero-order chi connectivity index (χ0) is 15.4. The Morgan fingerprint density at radius 2 is 2.14 bits per heavy atom. The number of carboxylic acid groups (broad SMARTS) is 1. The van der Waals surface area contributed by atoms with Crippen LogP contribution < -0.4 is 10.6 Å². The summed E-state index contributed by atoms with van der Waals surface area (Å²) in [6, 6.07) is 3.34. The fourth-order valence-electron chi connectivity index (χ4n) is 2.47. The van der Waals surface area contributed by atoms with E-state index in [1.54, 1.807) is 11.8 Å². The van der Waals surface area contributed by atoms with Gasteiger partial charge < -0.3 is 15.7 Å². The average molecular weight is 312 g/mol. The third kappa shape index (κ3) is 3.87. The third-order valence-electron chi connectivity index (χ3n) is 3.53. The molecule has 0 heterocycles. The molecule has 2 unspecified atom stereocenters. The molecule has 0 bridgehead atoms. The highest BCUT2D eigenvalue weighted by atomic mass is 32.2. The molecule has 0 aromatic heterocycles. The summed E-state index contributed by atoms with van der Waals surface area (Å²) in [4.78, 5) is 22.9. The van der Waals surface area contributed by atoms with Gasteiger partial charge in [0.05, 0.1) is 5.69 Å². The summed E-state index contributed by atoms with van der Waals surface area (Å²) in [6.07, 6.45) is 4.88. The molecule has 1 aromatic carbocycles. The van der Waals surface area contributed by atoms with Gasteiger partial charge in [0, 0.05) is 11.3 Å². The van der Waals surface area contributed by atoms with E-state index in [9.17, 15) is 14.0 Å². The predicted molar refractivity (Wildman–Crippen MR) is 80.5 cm³/mol. The van der Waals surface area contributed by atoms with Crippen LogP contribution in [0.1, 0.15) is 29.6 Å². The number of amides is 2. The van der Waals surface area contributed by atoms with Gasteiger partial charge in [0.2, 0.25) is 0 Å². The summed E-state index contributed by atoms with van der Waals surface area (Å²) < 4.78 is 13.5. The van der Waals surface area contributed by atoms with Gasteiger partial charge in [0.25, 0.3) is 0 Å². The molecule has 1 aromatic rings. The number of carbonyl (C=O) groups excluding carboxylic acids is 1. The Labute approximate surface area is 126 Å². The highest BCUT2D eigenvalue weighted by molar-refractivity contribution is 7.99. The van der Waals surface area contributed by atoms with E-state index in [0.29, 0.717) is 5.25 Å². The lowest BCUT2D eigenvalue weighted by atomic mass is 10.1. The molecule has 3 N–H and O–H groups in total. The Morgan fingerprint density at radius 1 is 1.38 bits per heavy atom. The SMILES string of the molecule is CSC1CCC(NC(=O)Nc2cccc(F)c2C(=O)O)C1. The van der Waals surface area contributed by atoms with Crippen LogP contribution in [0.2, 0.25) is 0 Å². The Kier molecular flexibility index (Phi) is 5.06. The van der Waals surface area contributed by atoms with Crippen molar-refractivity contribution in [2.75, 3.05) is 11.6 Å². The standard InChI is InChI=1S/C14H17FN2O3S/c1-21-9-6-5-8(7-9)16-14(20)17-11-4-2-3-10(15)12(11)13(18)19/h2-4,8-9H,5-7H2,1H3,(H,18,19)(H2,16,17,20). The van der Waals surface area contributed by atoms with Gasteiger partial charge >= 0.3 is 12.0 Å². The van der Waals surface area contributed by atoms with Gasteiger partial charge in [-0.3, -0.25) is 0 Å². The van der Waals surface area contributed by atoms with Crippen molar-refractivity contribution < 1.29 is 19.1 Å². The maximum atomic E-state index is 13.5. The Bertz CT molecular complexity index is 553. The fourth-order valence-corrected chi connectivity index (χ4v) is 3.27.